The smallest absolute Gasteiger partial charge is 0.239 e. The Morgan fingerprint density at radius 3 is 1.93 bits per heavy atom. The molecule has 0 spiro atoms. The van der Waals surface area contributed by atoms with Gasteiger partial charge in [-0.1, -0.05) is 0 Å². The van der Waals surface area contributed by atoms with Gasteiger partial charge in [0.1, 0.15) is 89.6 Å². The number of phenolic OH excluding ortho intramolecular Hbond substituents is 5. The van der Waals surface area contributed by atoms with E-state index in [1.54, 1.807) is 0 Å². The first-order valence-electron chi connectivity index (χ1n) is 16.7. The van der Waals surface area contributed by atoms with Crippen molar-refractivity contribution in [1.82, 2.24) is 0 Å². The minimum absolute atomic E-state index is 0.317. The van der Waals surface area contributed by atoms with E-state index in [1.807, 2.05) is 0 Å². The molecule has 0 saturated carbocycles. The van der Waals surface area contributed by atoms with Gasteiger partial charge in [0.2, 0.25) is 17.5 Å². The molecule has 0 radical (unpaired) electrons. The van der Waals surface area contributed by atoms with Gasteiger partial charge < -0.3 is 104 Å². The van der Waals surface area contributed by atoms with E-state index >= 15 is 0 Å². The molecule has 0 bridgehead atoms. The molecule has 15 atom stereocenters. The van der Waals surface area contributed by atoms with E-state index in [2.05, 4.69) is 0 Å². The lowest BCUT2D eigenvalue weighted by molar-refractivity contribution is -0.362. The summed E-state index contributed by atoms with van der Waals surface area (Å²) in [5, 5.41) is 145. The molecule has 4 heterocycles. The summed E-state index contributed by atoms with van der Waals surface area (Å²) in [6, 6.07) is 3.44. The maximum Gasteiger partial charge on any atom is 0.239 e. The molecule has 6 rings (SSSR count). The predicted octanol–water partition coefficient (Wildman–Crippen LogP) is -4.16. The lowest BCUT2D eigenvalue weighted by Gasteiger charge is -2.46. The first-order valence-corrected chi connectivity index (χ1v) is 16.7. The molecule has 3 fully saturated rings. The van der Waals surface area contributed by atoms with Crippen LogP contribution in [0.1, 0.15) is 6.92 Å². The van der Waals surface area contributed by atoms with Gasteiger partial charge in [-0.15, -0.1) is 0 Å². The summed E-state index contributed by atoms with van der Waals surface area (Å²) >= 11 is 0. The van der Waals surface area contributed by atoms with Crippen molar-refractivity contribution >= 4 is 11.0 Å². The topological polar surface area (TPSA) is 369 Å². The van der Waals surface area contributed by atoms with E-state index in [9.17, 15) is 76.3 Å². The predicted molar refractivity (Wildman–Crippen MR) is 174 cm³/mol. The monoisotopic (exact) mass is 788 g/mol. The van der Waals surface area contributed by atoms with Crippen LogP contribution in [0.2, 0.25) is 0 Å². The van der Waals surface area contributed by atoms with Crippen molar-refractivity contribution in [1.29, 1.82) is 0 Å². The molecular formula is C33H40O22. The van der Waals surface area contributed by atoms with Crippen LogP contribution in [0.3, 0.4) is 0 Å². The average Bonchev–Trinajstić information content (AvgIpc) is 3.14. The van der Waals surface area contributed by atoms with Gasteiger partial charge in [-0.25, -0.2) is 0 Å². The zero-order valence-electron chi connectivity index (χ0n) is 28.4. The zero-order chi connectivity index (χ0) is 40.2. The highest BCUT2D eigenvalue weighted by atomic mass is 16.7. The van der Waals surface area contributed by atoms with E-state index in [0.29, 0.717) is 0 Å². The Morgan fingerprint density at radius 2 is 1.27 bits per heavy atom. The molecule has 2 aromatic carbocycles. The van der Waals surface area contributed by atoms with Gasteiger partial charge in [0, 0.05) is 17.7 Å². The Labute approximate surface area is 307 Å². The molecule has 15 unspecified atom stereocenters. The molecule has 3 aliphatic heterocycles. The number of rotatable bonds is 9. The second kappa shape index (κ2) is 15.8. The van der Waals surface area contributed by atoms with Gasteiger partial charge in [-0.05, 0) is 19.1 Å². The van der Waals surface area contributed by atoms with Crippen molar-refractivity contribution < 1.29 is 104 Å². The molecule has 14 N–H and O–H groups in total. The van der Waals surface area contributed by atoms with Crippen molar-refractivity contribution in [2.75, 3.05) is 13.2 Å². The summed E-state index contributed by atoms with van der Waals surface area (Å²) in [6.45, 7) is -0.304. The standard InChI is InChI=1S/C33H40O22/c1-8-18(39)23(44)25(46)32(50-8)54-29-21(42)15(6-34)52-31(27(29)48)49-7-16-20(41)24(45)26(47)33(53-16)55-30-22(43)17-11(36)4-10(35)5-14(17)51-28(30)9-2-12(37)19(40)13(38)3-9/h2-5,8,15-16,18,20-21,23-27,29,31-42,44-48H,6-7H2,1H3. The van der Waals surface area contributed by atoms with Gasteiger partial charge >= 0.3 is 0 Å². The number of phenols is 5. The molecule has 22 heteroatoms. The van der Waals surface area contributed by atoms with Crippen LogP contribution in [0, 0.1) is 0 Å². The van der Waals surface area contributed by atoms with Gasteiger partial charge in [-0.2, -0.15) is 0 Å². The molecule has 3 aliphatic rings. The lowest BCUT2D eigenvalue weighted by atomic mass is 9.97. The number of hydrogen-bond donors (Lipinski definition) is 14. The largest absolute Gasteiger partial charge is 0.508 e. The highest BCUT2D eigenvalue weighted by Crippen LogP contribution is 2.43. The van der Waals surface area contributed by atoms with Gasteiger partial charge in [0.05, 0.1) is 19.3 Å². The normalized spacial score (nSPS) is 36.9. The molecule has 3 aromatic rings. The minimum Gasteiger partial charge on any atom is -0.508 e. The summed E-state index contributed by atoms with van der Waals surface area (Å²) in [6.07, 6.45) is -26.5. The molecule has 304 valence electrons. The second-order valence-corrected chi connectivity index (χ2v) is 13.2. The Bertz CT molecular complexity index is 1880. The first-order chi connectivity index (χ1) is 25.9. The van der Waals surface area contributed by atoms with E-state index < -0.39 is 162 Å². The Morgan fingerprint density at radius 1 is 0.655 bits per heavy atom. The quantitative estimate of drug-likeness (QED) is 0.0915. The van der Waals surface area contributed by atoms with Crippen molar-refractivity contribution in [2.45, 2.75) is 99.0 Å². The average molecular weight is 789 g/mol. The number of benzene rings is 2. The van der Waals surface area contributed by atoms with Gasteiger partial charge in [0.15, 0.2) is 35.6 Å². The third kappa shape index (κ3) is 7.58. The van der Waals surface area contributed by atoms with Crippen molar-refractivity contribution in [3.05, 3.63) is 34.5 Å². The third-order valence-electron chi connectivity index (χ3n) is 9.50. The van der Waals surface area contributed by atoms with Gasteiger partial charge in [-0.3, -0.25) is 4.79 Å². The molecule has 22 nitrogen and oxygen atoms in total. The van der Waals surface area contributed by atoms with E-state index in [1.165, 1.54) is 6.92 Å². The second-order valence-electron chi connectivity index (χ2n) is 13.2. The van der Waals surface area contributed by atoms with Crippen LogP contribution in [0.15, 0.2) is 33.5 Å². The molecule has 0 amide bonds. The number of aromatic hydroxyl groups is 5. The van der Waals surface area contributed by atoms with E-state index in [0.717, 1.165) is 24.3 Å². The van der Waals surface area contributed by atoms with Crippen LogP contribution >= 0.6 is 0 Å². The van der Waals surface area contributed by atoms with Crippen LogP contribution < -0.4 is 10.2 Å². The van der Waals surface area contributed by atoms with Crippen molar-refractivity contribution in [2.24, 2.45) is 0 Å². The maximum absolute atomic E-state index is 13.8. The SMILES string of the molecule is CC1OC(OC2C(O)C(CO)OC(OCC3OC(Oc4c(-c5cc(O)c(O)c(O)c5)oc5cc(O)cc(O)c5c4=O)C(O)C(O)C3O)C2O)C(O)C(O)C1O. The summed E-state index contributed by atoms with van der Waals surface area (Å²) in [5.74, 6) is -5.49. The fraction of sp³-hybridized carbons (Fsp3) is 0.545. The maximum atomic E-state index is 13.8. The highest BCUT2D eigenvalue weighted by molar-refractivity contribution is 5.88. The Hall–Kier alpha value is -4.11. The lowest BCUT2D eigenvalue weighted by Crippen LogP contribution is -2.65. The summed E-state index contributed by atoms with van der Waals surface area (Å²) in [4.78, 5) is 13.8. The van der Waals surface area contributed by atoms with Crippen LogP contribution in [0.4, 0.5) is 0 Å². The molecule has 1 aromatic heterocycles. The highest BCUT2D eigenvalue weighted by Gasteiger charge is 2.52. The summed E-state index contributed by atoms with van der Waals surface area (Å²) in [7, 11) is 0. The van der Waals surface area contributed by atoms with Crippen LogP contribution in [-0.2, 0) is 23.7 Å². The minimum atomic E-state index is -2.12. The van der Waals surface area contributed by atoms with Crippen molar-refractivity contribution in [3.8, 4) is 45.8 Å². The molecule has 3 saturated heterocycles. The molecule has 55 heavy (non-hydrogen) atoms. The number of hydrogen-bond acceptors (Lipinski definition) is 22. The fourth-order valence-corrected chi connectivity index (χ4v) is 6.39. The molecule has 0 aliphatic carbocycles. The number of fused-ring (bicyclic) bond motifs is 1. The van der Waals surface area contributed by atoms with Gasteiger partial charge in [0.25, 0.3) is 0 Å². The van der Waals surface area contributed by atoms with E-state index in [4.69, 9.17) is 32.8 Å². The van der Waals surface area contributed by atoms with Crippen LogP contribution in [0.25, 0.3) is 22.3 Å². The third-order valence-corrected chi connectivity index (χ3v) is 9.50. The zero-order valence-corrected chi connectivity index (χ0v) is 28.4. The van der Waals surface area contributed by atoms with Crippen LogP contribution in [0.5, 0.6) is 34.5 Å². The van der Waals surface area contributed by atoms with Crippen molar-refractivity contribution in [3.63, 3.8) is 0 Å². The summed E-state index contributed by atoms with van der Waals surface area (Å²) < 4.78 is 39.0. The first kappa shape index (κ1) is 40.6. The number of ether oxygens (including phenoxy) is 6. The Kier molecular flexibility index (Phi) is 11.6. The number of aliphatic hydroxyl groups excluding tert-OH is 9. The van der Waals surface area contributed by atoms with E-state index in [-0.39, 0.29) is 5.56 Å². The van der Waals surface area contributed by atoms with Crippen LogP contribution in [-0.4, -0.2) is 177 Å². The number of aliphatic hydroxyl groups is 9. The Balaban J connectivity index is 1.26. The fourth-order valence-electron chi connectivity index (χ4n) is 6.39. The summed E-state index contributed by atoms with van der Waals surface area (Å²) in [5.41, 5.74) is -1.90. The molecular weight excluding hydrogens is 748 g/mol.